The van der Waals surface area contributed by atoms with Crippen LogP contribution in [0, 0.1) is 12.7 Å². The second kappa shape index (κ2) is 6.26. The molecule has 7 nitrogen and oxygen atoms in total. The zero-order valence-corrected chi connectivity index (χ0v) is 18.6. The molecule has 3 heterocycles. The van der Waals surface area contributed by atoms with Crippen molar-refractivity contribution in [2.24, 2.45) is 0 Å². The number of sulfone groups is 1. The summed E-state index contributed by atoms with van der Waals surface area (Å²) in [6.45, 7) is 4.52. The summed E-state index contributed by atoms with van der Waals surface area (Å²) in [6, 6.07) is -0.506. The van der Waals surface area contributed by atoms with Gasteiger partial charge in [0.2, 0.25) is 0 Å². The van der Waals surface area contributed by atoms with E-state index < -0.39 is 27.4 Å². The molecule has 0 N–H and O–H groups in total. The van der Waals surface area contributed by atoms with Gasteiger partial charge in [-0.1, -0.05) is 11.6 Å². The number of nitrogens with zero attached hydrogens (tertiary/aromatic N) is 4. The first-order chi connectivity index (χ1) is 12.5. The average Bonchev–Trinajstić information content (AvgIpc) is 2.64. The quantitative estimate of drug-likeness (QED) is 0.386. The molecule has 0 aliphatic carbocycles. The van der Waals surface area contributed by atoms with Crippen molar-refractivity contribution in [2.75, 3.05) is 30.8 Å². The number of fused-ring (bicyclic) bond motifs is 2. The zero-order chi connectivity index (χ0) is 19.8. The monoisotopic (exact) mass is 526 g/mol. The van der Waals surface area contributed by atoms with E-state index in [0.29, 0.717) is 13.1 Å². The number of anilines is 1. The van der Waals surface area contributed by atoms with Crippen molar-refractivity contribution >= 4 is 61.0 Å². The second-order valence-electron chi connectivity index (χ2n) is 7.22. The van der Waals surface area contributed by atoms with Crippen molar-refractivity contribution in [2.45, 2.75) is 30.8 Å². The van der Waals surface area contributed by atoms with E-state index >= 15 is 4.39 Å². The van der Waals surface area contributed by atoms with Crippen LogP contribution in [-0.2, 0) is 9.84 Å². The number of benzene rings is 1. The third-order valence-electron chi connectivity index (χ3n) is 5.25. The normalized spacial score (nSPS) is 24.7. The molecule has 0 saturated carbocycles. The van der Waals surface area contributed by atoms with Crippen molar-refractivity contribution < 1.29 is 12.8 Å². The first kappa shape index (κ1) is 19.3. The first-order valence-electron chi connectivity index (χ1n) is 8.34. The molecule has 11 heteroatoms. The van der Waals surface area contributed by atoms with Gasteiger partial charge in [-0.3, -0.25) is 0 Å². The predicted molar refractivity (Wildman–Crippen MR) is 110 cm³/mol. The Morgan fingerprint density at radius 3 is 2.67 bits per heavy atom. The smallest absolute Gasteiger partial charge is 0.347 e. The SMILES string of the molecule is Cc1c(Cl)c2c3c(nc(=O)n(I)c3c1F)N1C(C)CN(C)CC1CS2(=O)=O. The second-order valence-corrected chi connectivity index (χ2v) is 10.5. The van der Waals surface area contributed by atoms with Gasteiger partial charge in [-0.15, -0.1) is 0 Å². The zero-order valence-electron chi connectivity index (χ0n) is 14.8. The molecular weight excluding hydrogens is 510 g/mol. The van der Waals surface area contributed by atoms with Crippen LogP contribution in [0.1, 0.15) is 12.5 Å². The molecule has 0 radical (unpaired) electrons. The maximum absolute atomic E-state index is 15.1. The molecular formula is C16H17ClFIN4O3S. The highest BCUT2D eigenvalue weighted by atomic mass is 127. The summed E-state index contributed by atoms with van der Waals surface area (Å²) in [5.41, 5.74) is -0.721. The van der Waals surface area contributed by atoms with Gasteiger partial charge in [0.15, 0.2) is 15.7 Å². The lowest BCUT2D eigenvalue weighted by Crippen LogP contribution is -2.59. The molecule has 2 atom stereocenters. The molecule has 4 rings (SSSR count). The van der Waals surface area contributed by atoms with Gasteiger partial charge in [-0.25, -0.2) is 20.4 Å². The number of piperazine rings is 1. The Bertz CT molecular complexity index is 1150. The minimum atomic E-state index is -3.83. The van der Waals surface area contributed by atoms with E-state index in [1.165, 1.54) is 6.92 Å². The molecule has 2 aromatic rings. The Hall–Kier alpha value is -0.980. The summed E-state index contributed by atoms with van der Waals surface area (Å²) in [5, 5.41) is -0.0463. The Morgan fingerprint density at radius 2 is 2.00 bits per heavy atom. The van der Waals surface area contributed by atoms with Gasteiger partial charge in [0, 0.05) is 24.7 Å². The van der Waals surface area contributed by atoms with Gasteiger partial charge in [-0.2, -0.15) is 4.98 Å². The predicted octanol–water partition coefficient (Wildman–Crippen LogP) is 1.99. The number of halogens is 3. The van der Waals surface area contributed by atoms with Crippen molar-refractivity contribution in [1.82, 2.24) is 12.7 Å². The van der Waals surface area contributed by atoms with E-state index in [4.69, 9.17) is 11.6 Å². The fourth-order valence-corrected chi connectivity index (χ4v) is 7.16. The number of hydrogen-bond acceptors (Lipinski definition) is 6. The Kier molecular flexibility index (Phi) is 4.48. The van der Waals surface area contributed by atoms with E-state index in [-0.39, 0.29) is 44.0 Å². The van der Waals surface area contributed by atoms with Gasteiger partial charge in [0.05, 0.1) is 50.0 Å². The van der Waals surface area contributed by atoms with Gasteiger partial charge < -0.3 is 9.80 Å². The molecule has 146 valence electrons. The topological polar surface area (TPSA) is 75.5 Å². The lowest BCUT2D eigenvalue weighted by Gasteiger charge is -2.44. The fourth-order valence-electron chi connectivity index (χ4n) is 4.20. The summed E-state index contributed by atoms with van der Waals surface area (Å²) in [6.07, 6.45) is 0. The van der Waals surface area contributed by atoms with E-state index in [0.717, 1.165) is 2.78 Å². The van der Waals surface area contributed by atoms with Gasteiger partial charge >= 0.3 is 5.69 Å². The molecule has 2 unspecified atom stereocenters. The van der Waals surface area contributed by atoms with Crippen molar-refractivity contribution in [3.05, 3.63) is 26.9 Å². The van der Waals surface area contributed by atoms with Crippen molar-refractivity contribution in [1.29, 1.82) is 0 Å². The molecule has 0 spiro atoms. The highest BCUT2D eigenvalue weighted by Gasteiger charge is 2.42. The first-order valence-corrected chi connectivity index (χ1v) is 11.3. The molecule has 27 heavy (non-hydrogen) atoms. The summed E-state index contributed by atoms with van der Waals surface area (Å²) >= 11 is 7.98. The summed E-state index contributed by atoms with van der Waals surface area (Å²) < 4.78 is 42.6. The van der Waals surface area contributed by atoms with Gasteiger partial charge in [0.1, 0.15) is 11.3 Å². The largest absolute Gasteiger partial charge is 0.359 e. The van der Waals surface area contributed by atoms with Crippen molar-refractivity contribution in [3.63, 3.8) is 0 Å². The minimum absolute atomic E-state index is 0.00902. The van der Waals surface area contributed by atoms with Crippen LogP contribution in [0.4, 0.5) is 10.2 Å². The number of aromatic nitrogens is 2. The third kappa shape index (κ3) is 2.70. The maximum Gasteiger partial charge on any atom is 0.359 e. The van der Waals surface area contributed by atoms with Crippen LogP contribution >= 0.6 is 34.5 Å². The summed E-state index contributed by atoms with van der Waals surface area (Å²) in [5.74, 6) is -0.678. The van der Waals surface area contributed by atoms with Crippen LogP contribution in [0.5, 0.6) is 0 Å². The van der Waals surface area contributed by atoms with Gasteiger partial charge in [0.25, 0.3) is 0 Å². The molecule has 0 bridgehead atoms. The standard InChI is InChI=1S/C16H17ClFIN4O3S/c1-7-4-21(3)5-9-6-27(25,26)14-10-13(12(18)8(2)11(14)17)23(19)16(24)20-15(10)22(7)9/h7,9H,4-6H2,1-3H3. The lowest BCUT2D eigenvalue weighted by molar-refractivity contribution is 0.240. The summed E-state index contributed by atoms with van der Waals surface area (Å²) in [4.78, 5) is 20.4. The van der Waals surface area contributed by atoms with Crippen LogP contribution in [0.15, 0.2) is 9.69 Å². The molecule has 2 aliphatic heterocycles. The molecule has 2 aliphatic rings. The minimum Gasteiger partial charge on any atom is -0.347 e. The average molecular weight is 527 g/mol. The molecule has 0 amide bonds. The highest BCUT2D eigenvalue weighted by Crippen LogP contribution is 2.43. The van der Waals surface area contributed by atoms with Crippen LogP contribution in [-0.4, -0.2) is 59.1 Å². The van der Waals surface area contributed by atoms with E-state index in [1.807, 2.05) is 23.8 Å². The number of hydrogen-bond donors (Lipinski definition) is 0. The van der Waals surface area contributed by atoms with Crippen LogP contribution in [0.25, 0.3) is 10.9 Å². The Balaban J connectivity index is 2.25. The van der Waals surface area contributed by atoms with E-state index in [9.17, 15) is 13.2 Å². The molecule has 1 fully saturated rings. The van der Waals surface area contributed by atoms with Crippen LogP contribution < -0.4 is 10.6 Å². The van der Waals surface area contributed by atoms with Crippen LogP contribution in [0.2, 0.25) is 5.02 Å². The Morgan fingerprint density at radius 1 is 1.33 bits per heavy atom. The Labute approximate surface area is 174 Å². The lowest BCUT2D eigenvalue weighted by atomic mass is 10.1. The molecule has 1 aromatic heterocycles. The van der Waals surface area contributed by atoms with Crippen LogP contribution in [0.3, 0.4) is 0 Å². The van der Waals surface area contributed by atoms with E-state index in [2.05, 4.69) is 4.98 Å². The fraction of sp³-hybridized carbons (Fsp3) is 0.500. The maximum atomic E-state index is 15.1. The number of likely N-dealkylation sites (N-methyl/N-ethyl adjacent to an activating group) is 1. The number of rotatable bonds is 0. The molecule has 1 aromatic carbocycles. The highest BCUT2D eigenvalue weighted by molar-refractivity contribution is 14.1. The van der Waals surface area contributed by atoms with Gasteiger partial charge in [-0.05, 0) is 20.9 Å². The molecule has 1 saturated heterocycles. The van der Waals surface area contributed by atoms with E-state index in [1.54, 1.807) is 22.9 Å². The third-order valence-corrected chi connectivity index (χ3v) is 8.59. The summed E-state index contributed by atoms with van der Waals surface area (Å²) in [7, 11) is -1.91. The van der Waals surface area contributed by atoms with Crippen molar-refractivity contribution in [3.8, 4) is 0 Å².